The van der Waals surface area contributed by atoms with E-state index < -0.39 is 11.0 Å². The number of nitrogens with one attached hydrogen (secondary N) is 3. The Hall–Kier alpha value is -6.43. The van der Waals surface area contributed by atoms with Gasteiger partial charge in [0, 0.05) is 106 Å². The molecule has 0 atom stereocenters. The Morgan fingerprint density at radius 3 is 1.11 bits per heavy atom. The highest BCUT2D eigenvalue weighted by Gasteiger charge is 2.20. The summed E-state index contributed by atoms with van der Waals surface area (Å²) in [5, 5.41) is 20.7. The van der Waals surface area contributed by atoms with E-state index in [4.69, 9.17) is 34.7 Å². The number of nitrogens with zero attached hydrogens (tertiary/aromatic N) is 8. The lowest BCUT2D eigenvalue weighted by Gasteiger charge is -2.13. The molecule has 0 radical (unpaired) electrons. The number of thiazole rings is 7. The Morgan fingerprint density at radius 2 is 0.782 bits per heavy atom. The van der Waals surface area contributed by atoms with Crippen LogP contribution in [0.1, 0.15) is 237 Å². The molecule has 1 aliphatic heterocycles. The molecule has 8 heterocycles. The zero-order valence-electron chi connectivity index (χ0n) is 59.0. The summed E-state index contributed by atoms with van der Waals surface area (Å²) >= 11 is 21.3. The van der Waals surface area contributed by atoms with Gasteiger partial charge in [0.05, 0.1) is 35.1 Å². The minimum absolute atomic E-state index is 0.00334. The molecule has 24 nitrogen and oxygen atoms in total. The van der Waals surface area contributed by atoms with Crippen LogP contribution in [0.4, 0.5) is 4.39 Å². The van der Waals surface area contributed by atoms with E-state index in [0.717, 1.165) is 73.9 Å². The molecule has 0 bridgehead atoms. The molecule has 7 aromatic rings. The van der Waals surface area contributed by atoms with E-state index in [1.165, 1.54) is 94.0 Å². The fourth-order valence-electron chi connectivity index (χ4n) is 8.51. The number of nitrogens with two attached hydrogens (primary N) is 2. The van der Waals surface area contributed by atoms with Gasteiger partial charge in [-0.3, -0.25) is 52.7 Å². The average molecular weight is 1570 g/mol. The van der Waals surface area contributed by atoms with Gasteiger partial charge in [-0.1, -0.05) is 41.5 Å². The van der Waals surface area contributed by atoms with E-state index in [1.807, 2.05) is 62.6 Å². The van der Waals surface area contributed by atoms with Crippen molar-refractivity contribution in [2.45, 2.75) is 177 Å². The van der Waals surface area contributed by atoms with Crippen molar-refractivity contribution in [3.8, 4) is 0 Å². The first-order chi connectivity index (χ1) is 47.9. The molecule has 0 unspecified atom stereocenters. The largest absolute Gasteiger partial charge is 0.370 e. The predicted octanol–water partition coefficient (Wildman–Crippen LogP) is 13.4. The molecule has 554 valence electrons. The molecule has 0 aliphatic carbocycles. The number of halogens is 3. The van der Waals surface area contributed by atoms with Crippen molar-refractivity contribution in [2.75, 3.05) is 53.9 Å². The molecular weight excluding hydrogens is 1480 g/mol. The van der Waals surface area contributed by atoms with Crippen molar-refractivity contribution in [1.29, 1.82) is 0 Å². The number of aromatic nitrogens is 7. The van der Waals surface area contributed by atoms with E-state index in [2.05, 4.69) is 55.7 Å². The number of primary amides is 2. The van der Waals surface area contributed by atoms with Gasteiger partial charge in [-0.2, -0.15) is 4.39 Å². The molecule has 0 spiro atoms. The Bertz CT molecular complexity index is 3710. The van der Waals surface area contributed by atoms with Gasteiger partial charge in [0.2, 0.25) is 22.9 Å². The lowest BCUT2D eigenvalue weighted by Crippen LogP contribution is -2.21. The minimum Gasteiger partial charge on any atom is -0.370 e. The third-order valence-corrected chi connectivity index (χ3v) is 20.0. The molecule has 8 rings (SSSR count). The normalized spacial score (nSPS) is 11.3. The molecule has 3 amide bonds. The number of hydrogen-bond acceptors (Lipinski definition) is 28. The Labute approximate surface area is 627 Å². The summed E-state index contributed by atoms with van der Waals surface area (Å²) < 4.78 is 14.1. The highest BCUT2D eigenvalue weighted by atomic mass is 35.5. The van der Waals surface area contributed by atoms with Crippen LogP contribution in [0.3, 0.4) is 0 Å². The highest BCUT2D eigenvalue weighted by Crippen LogP contribution is 2.27. The molecule has 1 aliphatic rings. The number of likely N-dealkylation sites (tertiary alicyclic amines) is 1. The number of aryl methyl sites for hydroxylation is 7. The van der Waals surface area contributed by atoms with Crippen LogP contribution in [-0.2, 0) is 19.2 Å². The summed E-state index contributed by atoms with van der Waals surface area (Å²) in [6.45, 7) is 19.7. The first kappa shape index (κ1) is 90.7. The quantitative estimate of drug-likeness (QED) is 0.0185. The average Bonchev–Trinajstić information content (AvgIpc) is 1.74. The van der Waals surface area contributed by atoms with Gasteiger partial charge < -0.3 is 32.3 Å². The lowest BCUT2D eigenvalue weighted by atomic mass is 10.1. The topological polar surface area (TPSA) is 369 Å². The molecule has 0 aromatic carbocycles. The Balaban J connectivity index is 0.000000401. The first-order valence-electron chi connectivity index (χ1n) is 32.5. The van der Waals surface area contributed by atoms with Gasteiger partial charge in [-0.15, -0.1) is 68.0 Å². The van der Waals surface area contributed by atoms with Gasteiger partial charge in [0.1, 0.15) is 48.6 Å². The van der Waals surface area contributed by atoms with Gasteiger partial charge in [-0.05, 0) is 140 Å². The molecule has 7 N–H and O–H groups in total. The van der Waals surface area contributed by atoms with E-state index in [9.17, 15) is 57.1 Å². The number of carbonyl (C=O) groups excluding carboxylic acids is 11. The van der Waals surface area contributed by atoms with Crippen LogP contribution in [0.15, 0.2) is 21.5 Å². The van der Waals surface area contributed by atoms with Crippen molar-refractivity contribution in [1.82, 2.24) is 55.7 Å². The number of rotatable bonds is 34. The van der Waals surface area contributed by atoms with Crippen LogP contribution < -0.4 is 27.4 Å². The standard InChI is InChI=1S/C12H17ClN2OS.C11H15NO2S.C9H13ClN2OS.C9H13FN2OS.2C9H12N2O2S.C8H10N2O2S/c1-9-14-11(12(13)17-9)10(16)5-4-8-15-6-2-3-7-15;1-3-9(13)5-4-6-11(14)10-7-15-8(2)12-10;2*1-6-12-8(9(10)14-6)7(13)4-3-5-11-2;1-6-11-7(5-14-6)8(12)3-4-9(13)10-2;1-6-11-7(5-14-6)8(12)3-2-4-9(10)13;1-5-10-6(4-13-5)7(11)2-3-8(9)12/h2-8H2,1H3;7H,3-6H2,1-2H3;2*11H,3-5H2,1-2H3;5H,3-4H2,1-2H3,(H,10,13);5H,2-4H2,1H3,(H2,10,13);4H,2-3H2,1H3,(H2,9,12). The second-order valence-electron chi connectivity index (χ2n) is 22.3. The van der Waals surface area contributed by atoms with Gasteiger partial charge in [0.25, 0.3) is 0 Å². The summed E-state index contributed by atoms with van der Waals surface area (Å²) in [4.78, 5) is 154. The highest BCUT2D eigenvalue weighted by molar-refractivity contribution is 7.16. The molecule has 1 saturated heterocycles. The fourth-order valence-corrected chi connectivity index (χ4v) is 13.9. The van der Waals surface area contributed by atoms with Crippen molar-refractivity contribution in [3.63, 3.8) is 0 Å². The van der Waals surface area contributed by atoms with E-state index in [1.54, 1.807) is 35.5 Å². The van der Waals surface area contributed by atoms with Crippen LogP contribution in [-0.4, -0.2) is 158 Å². The van der Waals surface area contributed by atoms with Crippen molar-refractivity contribution < 1.29 is 57.1 Å². The molecule has 1 fully saturated rings. The minimum atomic E-state index is -0.461. The molecule has 0 saturated carbocycles. The second kappa shape index (κ2) is 50.9. The van der Waals surface area contributed by atoms with Crippen LogP contribution >= 0.6 is 103 Å². The maximum absolute atomic E-state index is 13.1. The van der Waals surface area contributed by atoms with E-state index in [0.29, 0.717) is 112 Å². The zero-order chi connectivity index (χ0) is 75.6. The van der Waals surface area contributed by atoms with Gasteiger partial charge >= 0.3 is 0 Å². The molecule has 101 heavy (non-hydrogen) atoms. The van der Waals surface area contributed by atoms with Gasteiger partial charge in [-0.25, -0.2) is 34.9 Å². The number of hydrogen-bond donors (Lipinski definition) is 5. The third-order valence-electron chi connectivity index (χ3n) is 13.8. The number of carbonyl (C=O) groups is 11. The number of amides is 3. The van der Waals surface area contributed by atoms with Crippen molar-refractivity contribution in [3.05, 3.63) is 110 Å². The van der Waals surface area contributed by atoms with Crippen LogP contribution in [0, 0.1) is 53.6 Å². The van der Waals surface area contributed by atoms with Crippen LogP contribution in [0.2, 0.25) is 8.67 Å². The molecule has 34 heteroatoms. The molecule has 7 aromatic heterocycles. The van der Waals surface area contributed by atoms with E-state index >= 15 is 0 Å². The summed E-state index contributed by atoms with van der Waals surface area (Å²) in [6.07, 6.45) is 10.4. The fraction of sp³-hybridized carbons (Fsp3) is 0.522. The van der Waals surface area contributed by atoms with Crippen molar-refractivity contribution >= 4 is 167 Å². The smallest absolute Gasteiger partial charge is 0.220 e. The molecular formula is C67H92Cl2FN13O11S7. The third kappa shape index (κ3) is 38.6. The first-order valence-corrected chi connectivity index (χ1v) is 39.2. The Kier molecular flexibility index (Phi) is 45.6. The Morgan fingerprint density at radius 1 is 0.436 bits per heavy atom. The SMILES string of the molecule is CCC(=O)CCCC(=O)c1csc(C)n1.CNC(=O)CCC(=O)c1csc(C)n1.CNCCCC(=O)c1nc(C)sc1Cl.CNCCCC(=O)c1nc(C)sc1F.Cc1nc(C(=O)CCC(N)=O)cs1.Cc1nc(C(=O)CCCC(N)=O)cs1.Cc1nc(C(=O)CCCN2CCCC2)c(Cl)s1. The summed E-state index contributed by atoms with van der Waals surface area (Å²) in [7, 11) is 5.24. The van der Waals surface area contributed by atoms with Crippen LogP contribution in [0.25, 0.3) is 0 Å². The second-order valence-corrected chi connectivity index (χ2v) is 31.3. The summed E-state index contributed by atoms with van der Waals surface area (Å²) in [6, 6.07) is 0. The van der Waals surface area contributed by atoms with Crippen molar-refractivity contribution in [2.24, 2.45) is 11.5 Å². The predicted molar refractivity (Wildman–Crippen MR) is 403 cm³/mol. The zero-order valence-corrected chi connectivity index (χ0v) is 66.2. The summed E-state index contributed by atoms with van der Waals surface area (Å²) in [5.41, 5.74) is 12.7. The number of ketones is 8. The monoisotopic (exact) mass is 1570 g/mol. The lowest BCUT2D eigenvalue weighted by molar-refractivity contribution is -0.121. The number of Topliss-reactive ketones (excluding diaryl/α,β-unsaturated/α-hetero) is 8. The summed E-state index contributed by atoms with van der Waals surface area (Å²) in [5.74, 6) is -0.981. The maximum Gasteiger partial charge on any atom is 0.220 e. The van der Waals surface area contributed by atoms with Gasteiger partial charge in [0.15, 0.2) is 46.2 Å². The van der Waals surface area contributed by atoms with E-state index in [-0.39, 0.29) is 95.9 Å². The maximum atomic E-state index is 13.1. The van der Waals surface area contributed by atoms with Crippen LogP contribution in [0.5, 0.6) is 0 Å².